The van der Waals surface area contributed by atoms with E-state index in [0.717, 1.165) is 51.4 Å². The first-order valence-electron chi connectivity index (χ1n) is 9.30. The predicted molar refractivity (Wildman–Crippen MR) is 112 cm³/mol. The van der Waals surface area contributed by atoms with Gasteiger partial charge in [-0.25, -0.2) is 0 Å². The average Bonchev–Trinajstić information content (AvgIpc) is 3.05. The molecule has 0 spiro atoms. The second kappa shape index (κ2) is 9.94. The molecule has 0 aliphatic heterocycles. The molecule has 2 rings (SSSR count). The highest BCUT2D eigenvalue weighted by atomic mass is 127. The van der Waals surface area contributed by atoms with Crippen LogP contribution in [0.15, 0.2) is 4.99 Å². The summed E-state index contributed by atoms with van der Waals surface area (Å²) in [5.74, 6) is 0.876. The Labute approximate surface area is 169 Å². The van der Waals surface area contributed by atoms with Crippen molar-refractivity contribution in [2.24, 2.45) is 10.4 Å². The van der Waals surface area contributed by atoms with Crippen LogP contribution in [0.3, 0.4) is 0 Å². The Kier molecular flexibility index (Phi) is 8.94. The van der Waals surface area contributed by atoms with Crippen LogP contribution in [0.4, 0.5) is 0 Å². The monoisotopic (exact) mass is 466 g/mol. The van der Waals surface area contributed by atoms with Crippen LogP contribution in [0, 0.1) is 5.41 Å². The topological polar surface area (TPSA) is 77.0 Å². The van der Waals surface area contributed by atoms with E-state index in [-0.39, 0.29) is 35.3 Å². The fraction of sp³-hybridized carbons (Fsp3) is 0.889. The molecular weight excluding hydrogens is 431 g/mol. The zero-order valence-corrected chi connectivity index (χ0v) is 18.3. The van der Waals surface area contributed by atoms with Gasteiger partial charge in [-0.15, -0.1) is 24.0 Å². The highest BCUT2D eigenvalue weighted by Crippen LogP contribution is 2.38. The van der Waals surface area contributed by atoms with Crippen LogP contribution in [-0.4, -0.2) is 61.7 Å². The second-order valence-electron chi connectivity index (χ2n) is 7.75. The minimum atomic E-state index is -0.625. The predicted octanol–water partition coefficient (Wildman–Crippen LogP) is 2.11. The number of hydrogen-bond donors (Lipinski definition) is 3. The summed E-state index contributed by atoms with van der Waals surface area (Å²) in [4.78, 5) is 18.6. The molecule has 0 unspecified atom stereocenters. The first-order chi connectivity index (χ1) is 11.4. The zero-order chi connectivity index (χ0) is 17.6. The SMILES string of the molecule is CN=C(NCC1(O)CCCCC1)NCC1(C(=O)N(C)C)CCCC1.I. The van der Waals surface area contributed by atoms with E-state index in [0.29, 0.717) is 19.0 Å². The van der Waals surface area contributed by atoms with Gasteiger partial charge in [0.2, 0.25) is 5.91 Å². The number of aliphatic hydroxyl groups is 1. The second-order valence-corrected chi connectivity index (χ2v) is 7.75. The molecule has 0 aromatic carbocycles. The van der Waals surface area contributed by atoms with Crippen molar-refractivity contribution in [2.45, 2.75) is 63.4 Å². The molecule has 25 heavy (non-hydrogen) atoms. The van der Waals surface area contributed by atoms with Gasteiger partial charge >= 0.3 is 0 Å². The highest BCUT2D eigenvalue weighted by Gasteiger charge is 2.42. The Balaban J connectivity index is 0.00000312. The number of amides is 1. The van der Waals surface area contributed by atoms with E-state index in [2.05, 4.69) is 15.6 Å². The summed E-state index contributed by atoms with van der Waals surface area (Å²) in [6, 6.07) is 0. The van der Waals surface area contributed by atoms with Gasteiger partial charge in [0, 0.05) is 34.2 Å². The van der Waals surface area contributed by atoms with Crippen LogP contribution < -0.4 is 10.6 Å². The number of halogens is 1. The average molecular weight is 466 g/mol. The van der Waals surface area contributed by atoms with E-state index in [9.17, 15) is 9.90 Å². The van der Waals surface area contributed by atoms with E-state index in [1.165, 1.54) is 6.42 Å². The third-order valence-electron chi connectivity index (χ3n) is 5.61. The number of carbonyl (C=O) groups excluding carboxylic acids is 1. The molecular formula is C18H35IN4O2. The number of aliphatic imine (C=N–C) groups is 1. The number of carbonyl (C=O) groups is 1. The lowest BCUT2D eigenvalue weighted by Gasteiger charge is -2.34. The quantitative estimate of drug-likeness (QED) is 0.330. The molecule has 2 fully saturated rings. The fourth-order valence-corrected chi connectivity index (χ4v) is 4.10. The Morgan fingerprint density at radius 3 is 2.04 bits per heavy atom. The van der Waals surface area contributed by atoms with Crippen LogP contribution in [0.2, 0.25) is 0 Å². The maximum atomic E-state index is 12.6. The van der Waals surface area contributed by atoms with Crippen molar-refractivity contribution in [3.63, 3.8) is 0 Å². The largest absolute Gasteiger partial charge is 0.388 e. The lowest BCUT2D eigenvalue weighted by molar-refractivity contribution is -0.138. The van der Waals surface area contributed by atoms with Gasteiger partial charge in [0.15, 0.2) is 5.96 Å². The van der Waals surface area contributed by atoms with Crippen molar-refractivity contribution >= 4 is 35.8 Å². The third kappa shape index (κ3) is 5.98. The Bertz CT molecular complexity index is 456. The number of nitrogens with zero attached hydrogens (tertiary/aromatic N) is 2. The van der Waals surface area contributed by atoms with Gasteiger partial charge in [-0.2, -0.15) is 0 Å². The summed E-state index contributed by atoms with van der Waals surface area (Å²) in [6.07, 6.45) is 9.15. The molecule has 0 atom stereocenters. The molecule has 0 bridgehead atoms. The summed E-state index contributed by atoms with van der Waals surface area (Å²) in [7, 11) is 5.39. The zero-order valence-electron chi connectivity index (χ0n) is 15.9. The van der Waals surface area contributed by atoms with Crippen LogP contribution >= 0.6 is 24.0 Å². The molecule has 146 valence electrons. The minimum Gasteiger partial charge on any atom is -0.388 e. The number of hydrogen-bond acceptors (Lipinski definition) is 3. The van der Waals surface area contributed by atoms with Crippen molar-refractivity contribution in [1.29, 1.82) is 0 Å². The normalized spacial score (nSPS) is 22.0. The van der Waals surface area contributed by atoms with E-state index in [4.69, 9.17) is 0 Å². The van der Waals surface area contributed by atoms with E-state index in [1.807, 2.05) is 14.1 Å². The maximum absolute atomic E-state index is 12.6. The molecule has 6 nitrogen and oxygen atoms in total. The molecule has 2 aliphatic rings. The molecule has 3 N–H and O–H groups in total. The lowest BCUT2D eigenvalue weighted by Crippen LogP contribution is -2.52. The van der Waals surface area contributed by atoms with Crippen LogP contribution in [0.25, 0.3) is 0 Å². The molecule has 0 aromatic rings. The van der Waals surface area contributed by atoms with Gasteiger partial charge in [-0.1, -0.05) is 32.1 Å². The highest BCUT2D eigenvalue weighted by molar-refractivity contribution is 14.0. The van der Waals surface area contributed by atoms with Gasteiger partial charge in [-0.05, 0) is 25.7 Å². The van der Waals surface area contributed by atoms with Crippen molar-refractivity contribution in [3.05, 3.63) is 0 Å². The summed E-state index contributed by atoms with van der Waals surface area (Å²) in [5.41, 5.74) is -0.941. The Morgan fingerprint density at radius 1 is 1.00 bits per heavy atom. The standard InChI is InChI=1S/C18H34N4O2.HI/c1-19-16(21-14-18(24)11-5-4-6-12-18)20-13-17(9-7-8-10-17)15(23)22(2)3;/h24H,4-14H2,1-3H3,(H2,19,20,21);1H. The van der Waals surface area contributed by atoms with Crippen LogP contribution in [0.1, 0.15) is 57.8 Å². The number of rotatable bonds is 5. The number of guanidine groups is 1. The molecule has 0 saturated heterocycles. The fourth-order valence-electron chi connectivity index (χ4n) is 4.10. The molecule has 1 amide bonds. The smallest absolute Gasteiger partial charge is 0.230 e. The summed E-state index contributed by atoms with van der Waals surface area (Å²) < 4.78 is 0. The maximum Gasteiger partial charge on any atom is 0.230 e. The van der Waals surface area contributed by atoms with Gasteiger partial charge in [-0.3, -0.25) is 9.79 Å². The van der Waals surface area contributed by atoms with Gasteiger partial charge in [0.05, 0.1) is 11.0 Å². The number of nitrogens with one attached hydrogen (secondary N) is 2. The van der Waals surface area contributed by atoms with E-state index >= 15 is 0 Å². The first kappa shape index (κ1) is 22.5. The van der Waals surface area contributed by atoms with Crippen molar-refractivity contribution in [1.82, 2.24) is 15.5 Å². The molecule has 0 aromatic heterocycles. The van der Waals surface area contributed by atoms with Crippen LogP contribution in [0.5, 0.6) is 0 Å². The minimum absolute atomic E-state index is 0. The molecule has 0 radical (unpaired) electrons. The third-order valence-corrected chi connectivity index (χ3v) is 5.61. The summed E-state index contributed by atoms with van der Waals surface area (Å²) >= 11 is 0. The molecule has 2 saturated carbocycles. The summed E-state index contributed by atoms with van der Waals surface area (Å²) in [5, 5.41) is 17.2. The lowest BCUT2D eigenvalue weighted by atomic mass is 9.84. The van der Waals surface area contributed by atoms with E-state index < -0.39 is 5.60 Å². The van der Waals surface area contributed by atoms with Crippen molar-refractivity contribution in [2.75, 3.05) is 34.2 Å². The first-order valence-corrected chi connectivity index (χ1v) is 9.30. The van der Waals surface area contributed by atoms with Crippen molar-refractivity contribution in [3.8, 4) is 0 Å². The summed E-state index contributed by atoms with van der Waals surface area (Å²) in [6.45, 7) is 1.11. The van der Waals surface area contributed by atoms with Gasteiger partial charge in [0.1, 0.15) is 0 Å². The molecule has 7 heteroatoms. The Hall–Kier alpha value is -0.570. The van der Waals surface area contributed by atoms with E-state index in [1.54, 1.807) is 11.9 Å². The van der Waals surface area contributed by atoms with Crippen LogP contribution in [-0.2, 0) is 4.79 Å². The van der Waals surface area contributed by atoms with Crippen molar-refractivity contribution < 1.29 is 9.90 Å². The van der Waals surface area contributed by atoms with Gasteiger partial charge < -0.3 is 20.6 Å². The Morgan fingerprint density at radius 2 is 1.52 bits per heavy atom. The molecule has 2 aliphatic carbocycles. The molecule has 0 heterocycles. The van der Waals surface area contributed by atoms with Gasteiger partial charge in [0.25, 0.3) is 0 Å².